The van der Waals surface area contributed by atoms with Crippen LogP contribution in [-0.4, -0.2) is 11.6 Å². The van der Waals surface area contributed by atoms with E-state index in [1.165, 1.54) is 12.2 Å². The molecule has 2 aromatic rings. The van der Waals surface area contributed by atoms with Crippen LogP contribution >= 0.6 is 0 Å². The van der Waals surface area contributed by atoms with Crippen LogP contribution in [0.25, 0.3) is 0 Å². The van der Waals surface area contributed by atoms with Gasteiger partial charge in [-0.15, -0.1) is 0 Å². The lowest BCUT2D eigenvalue weighted by Crippen LogP contribution is -2.24. The highest BCUT2D eigenvalue weighted by atomic mass is 16.1. The molecule has 0 saturated heterocycles. The van der Waals surface area contributed by atoms with Crippen molar-refractivity contribution < 1.29 is 9.59 Å². The van der Waals surface area contributed by atoms with Crippen LogP contribution in [0.1, 0.15) is 0 Å². The molecule has 6 heteroatoms. The summed E-state index contributed by atoms with van der Waals surface area (Å²) in [7, 11) is 0. The monoisotopic (exact) mass is 320 g/mol. The van der Waals surface area contributed by atoms with E-state index in [9.17, 15) is 9.59 Å². The summed E-state index contributed by atoms with van der Waals surface area (Å²) in [5.74, 6) is -0.575. The van der Waals surface area contributed by atoms with E-state index in [0.717, 1.165) is 0 Å². The van der Waals surface area contributed by atoms with Crippen LogP contribution in [0.15, 0.2) is 72.1 Å². The van der Waals surface area contributed by atoms with Gasteiger partial charge in [0.25, 0.3) is 0 Å². The van der Waals surface area contributed by atoms with Crippen LogP contribution < -0.4 is 22.1 Å². The van der Waals surface area contributed by atoms with Crippen molar-refractivity contribution in [1.29, 1.82) is 0 Å². The van der Waals surface area contributed by atoms with Gasteiger partial charge in [-0.3, -0.25) is 9.59 Å². The molecule has 0 spiro atoms. The number of nitrogens with one attached hydrogen (secondary N) is 2. The number of hydrogen-bond donors (Lipinski definition) is 4. The number of ketones is 2. The molecule has 0 fully saturated rings. The fourth-order valence-electron chi connectivity index (χ4n) is 2.23. The van der Waals surface area contributed by atoms with Crippen LogP contribution in [0.5, 0.6) is 0 Å². The molecule has 1 aliphatic rings. The zero-order valence-corrected chi connectivity index (χ0v) is 12.7. The van der Waals surface area contributed by atoms with E-state index in [1.54, 1.807) is 48.5 Å². The van der Waals surface area contributed by atoms with Gasteiger partial charge in [-0.25, -0.2) is 0 Å². The lowest BCUT2D eigenvalue weighted by molar-refractivity contribution is -0.115. The number of rotatable bonds is 4. The zero-order chi connectivity index (χ0) is 17.1. The van der Waals surface area contributed by atoms with E-state index in [1.807, 2.05) is 0 Å². The Kier molecular flexibility index (Phi) is 4.03. The minimum atomic E-state index is -0.288. The van der Waals surface area contributed by atoms with Gasteiger partial charge in [0.05, 0.1) is 0 Å². The molecule has 0 atom stereocenters. The Labute approximate surface area is 138 Å². The predicted octanol–water partition coefficient (Wildman–Crippen LogP) is 2.29. The first-order chi connectivity index (χ1) is 11.5. The Balaban J connectivity index is 1.94. The Hall–Kier alpha value is -3.54. The number of nitrogens with two attached hydrogens (primary N) is 2. The maximum atomic E-state index is 12.2. The van der Waals surface area contributed by atoms with E-state index in [0.29, 0.717) is 22.7 Å². The number of allylic oxidation sites excluding steroid dienone is 2. The van der Waals surface area contributed by atoms with Crippen LogP contribution in [-0.2, 0) is 9.59 Å². The van der Waals surface area contributed by atoms with E-state index in [2.05, 4.69) is 10.6 Å². The third-order valence-corrected chi connectivity index (χ3v) is 3.49. The Morgan fingerprint density at radius 3 is 1.25 bits per heavy atom. The molecular weight excluding hydrogens is 304 g/mol. The number of nitrogen functional groups attached to an aromatic ring is 2. The average Bonchev–Trinajstić information content (AvgIpc) is 2.58. The molecule has 0 unspecified atom stereocenters. The second-order valence-corrected chi connectivity index (χ2v) is 5.31. The first-order valence-electron chi connectivity index (χ1n) is 7.29. The second-order valence-electron chi connectivity index (χ2n) is 5.31. The van der Waals surface area contributed by atoms with Crippen molar-refractivity contribution in [3.8, 4) is 0 Å². The zero-order valence-electron chi connectivity index (χ0n) is 12.7. The average molecular weight is 320 g/mol. The first-order valence-corrected chi connectivity index (χ1v) is 7.29. The van der Waals surface area contributed by atoms with E-state index in [-0.39, 0.29) is 23.0 Å². The standard InChI is InChI=1S/C18H16N4O2/c19-11-1-5-13(6-2-11)21-17-15(23)9-10-16(24)18(17)22-14-7-3-12(20)4-8-14/h1-10,21-22H,19-20H2. The van der Waals surface area contributed by atoms with Crippen molar-refractivity contribution in [3.05, 3.63) is 72.1 Å². The van der Waals surface area contributed by atoms with Crippen LogP contribution in [0.4, 0.5) is 22.7 Å². The van der Waals surface area contributed by atoms with Crippen molar-refractivity contribution in [2.24, 2.45) is 0 Å². The molecule has 0 amide bonds. The summed E-state index contributed by atoms with van der Waals surface area (Å²) in [4.78, 5) is 24.4. The molecule has 0 aliphatic heterocycles. The Morgan fingerprint density at radius 1 is 0.583 bits per heavy atom. The summed E-state index contributed by atoms with van der Waals surface area (Å²) in [5.41, 5.74) is 14.2. The molecule has 0 heterocycles. The fourth-order valence-corrected chi connectivity index (χ4v) is 2.23. The summed E-state index contributed by atoms with van der Waals surface area (Å²) in [6.45, 7) is 0. The molecule has 1 aliphatic carbocycles. The normalized spacial score (nSPS) is 14.0. The van der Waals surface area contributed by atoms with Crippen molar-refractivity contribution in [1.82, 2.24) is 0 Å². The van der Waals surface area contributed by atoms with Gasteiger partial charge in [0.1, 0.15) is 11.4 Å². The topological polar surface area (TPSA) is 110 Å². The van der Waals surface area contributed by atoms with Crippen molar-refractivity contribution in [2.75, 3.05) is 22.1 Å². The van der Waals surface area contributed by atoms with Crippen molar-refractivity contribution >= 4 is 34.3 Å². The van der Waals surface area contributed by atoms with Gasteiger partial charge in [0.2, 0.25) is 11.6 Å². The maximum Gasteiger partial charge on any atom is 0.204 e. The number of benzene rings is 2. The highest BCUT2D eigenvalue weighted by Gasteiger charge is 2.23. The SMILES string of the molecule is Nc1ccc(NC2=C(Nc3ccc(N)cc3)C(=O)C=CC2=O)cc1. The minimum absolute atomic E-state index is 0.184. The molecule has 3 rings (SSSR count). The van der Waals surface area contributed by atoms with Crippen LogP contribution in [0, 0.1) is 0 Å². The highest BCUT2D eigenvalue weighted by molar-refractivity contribution is 6.22. The number of anilines is 4. The van der Waals surface area contributed by atoms with Gasteiger partial charge in [-0.2, -0.15) is 0 Å². The third kappa shape index (κ3) is 3.27. The van der Waals surface area contributed by atoms with Crippen LogP contribution in [0.3, 0.4) is 0 Å². The largest absolute Gasteiger partial charge is 0.399 e. The summed E-state index contributed by atoms with van der Waals surface area (Å²) < 4.78 is 0. The molecule has 6 N–H and O–H groups in total. The van der Waals surface area contributed by atoms with E-state index in [4.69, 9.17) is 11.5 Å². The smallest absolute Gasteiger partial charge is 0.204 e. The van der Waals surface area contributed by atoms with Gasteiger partial charge in [0.15, 0.2) is 0 Å². The summed E-state index contributed by atoms with van der Waals surface area (Å²) in [6.07, 6.45) is 2.49. The minimum Gasteiger partial charge on any atom is -0.399 e. The summed E-state index contributed by atoms with van der Waals surface area (Å²) >= 11 is 0. The highest BCUT2D eigenvalue weighted by Crippen LogP contribution is 2.21. The van der Waals surface area contributed by atoms with Gasteiger partial charge in [-0.1, -0.05) is 0 Å². The fraction of sp³-hybridized carbons (Fsp3) is 0. The molecule has 0 saturated carbocycles. The quantitative estimate of drug-likeness (QED) is 0.508. The van der Waals surface area contributed by atoms with Gasteiger partial charge >= 0.3 is 0 Å². The molecule has 0 radical (unpaired) electrons. The molecule has 2 aromatic carbocycles. The predicted molar refractivity (Wildman–Crippen MR) is 95.1 cm³/mol. The van der Waals surface area contributed by atoms with E-state index >= 15 is 0 Å². The van der Waals surface area contributed by atoms with Gasteiger partial charge < -0.3 is 22.1 Å². The Bertz CT molecular complexity index is 778. The number of carbonyl (C=O) groups is 2. The summed E-state index contributed by atoms with van der Waals surface area (Å²) in [5, 5.41) is 5.97. The molecule has 0 bridgehead atoms. The van der Waals surface area contributed by atoms with Gasteiger partial charge in [-0.05, 0) is 60.7 Å². The third-order valence-electron chi connectivity index (χ3n) is 3.49. The van der Waals surface area contributed by atoms with Crippen molar-refractivity contribution in [2.45, 2.75) is 0 Å². The maximum absolute atomic E-state index is 12.2. The van der Waals surface area contributed by atoms with E-state index < -0.39 is 0 Å². The first kappa shape index (κ1) is 15.4. The van der Waals surface area contributed by atoms with Crippen molar-refractivity contribution in [3.63, 3.8) is 0 Å². The van der Waals surface area contributed by atoms with Crippen LogP contribution in [0.2, 0.25) is 0 Å². The lowest BCUT2D eigenvalue weighted by atomic mass is 10.0. The Morgan fingerprint density at radius 2 is 0.917 bits per heavy atom. The molecule has 0 aromatic heterocycles. The summed E-state index contributed by atoms with van der Waals surface area (Å²) in [6, 6.07) is 13.8. The number of hydrogen-bond acceptors (Lipinski definition) is 6. The molecule has 6 nitrogen and oxygen atoms in total. The van der Waals surface area contributed by atoms with Gasteiger partial charge in [0, 0.05) is 22.7 Å². The molecular formula is C18H16N4O2. The molecule has 24 heavy (non-hydrogen) atoms. The number of carbonyl (C=O) groups excluding carboxylic acids is 2. The second kappa shape index (κ2) is 6.29. The lowest BCUT2D eigenvalue weighted by Gasteiger charge is -2.18. The molecule has 120 valence electrons.